The zero-order valence-corrected chi connectivity index (χ0v) is 12.9. The second kappa shape index (κ2) is 5.98. The van der Waals surface area contributed by atoms with Gasteiger partial charge in [0.05, 0.1) is 0 Å². The molecule has 3 heterocycles. The van der Waals surface area contributed by atoms with Crippen LogP contribution in [0.4, 0.5) is 10.6 Å². The molecule has 1 aliphatic heterocycles. The molecule has 0 unspecified atom stereocenters. The molecule has 1 atom stereocenters. The number of hydrogen-bond donors (Lipinski definition) is 1. The van der Waals surface area contributed by atoms with E-state index in [0.717, 1.165) is 25.2 Å². The Hall–Kier alpha value is -2.44. The number of aromatic nitrogens is 4. The van der Waals surface area contributed by atoms with Crippen molar-refractivity contribution in [2.75, 3.05) is 18.4 Å². The fraction of sp³-hybridized carbons (Fsp3) is 0.500. The normalized spacial score (nSPS) is 21.2. The fourth-order valence-corrected chi connectivity index (χ4v) is 3.18. The lowest BCUT2D eigenvalue weighted by molar-refractivity contribution is 0.190. The van der Waals surface area contributed by atoms with Gasteiger partial charge in [0.15, 0.2) is 0 Å². The van der Waals surface area contributed by atoms with Crippen molar-refractivity contribution in [3.05, 3.63) is 36.5 Å². The van der Waals surface area contributed by atoms with E-state index >= 15 is 0 Å². The number of carbonyl (C=O) groups is 1. The minimum absolute atomic E-state index is 0.0918. The van der Waals surface area contributed by atoms with E-state index in [4.69, 9.17) is 0 Å². The average Bonchev–Trinajstić information content (AvgIpc) is 3.32. The number of nitrogens with one attached hydrogen (secondary N) is 1. The Labute approximate surface area is 134 Å². The van der Waals surface area contributed by atoms with E-state index in [-0.39, 0.29) is 11.9 Å². The van der Waals surface area contributed by atoms with E-state index in [1.54, 1.807) is 12.3 Å². The number of pyridine rings is 1. The molecule has 2 amide bonds. The van der Waals surface area contributed by atoms with Gasteiger partial charge in [0.2, 0.25) is 0 Å². The largest absolute Gasteiger partial charge is 0.324 e. The fourth-order valence-electron chi connectivity index (χ4n) is 3.18. The highest BCUT2D eigenvalue weighted by atomic mass is 16.2. The van der Waals surface area contributed by atoms with Gasteiger partial charge in [-0.15, -0.1) is 10.2 Å². The average molecular weight is 312 g/mol. The van der Waals surface area contributed by atoms with Gasteiger partial charge in [0.25, 0.3) is 0 Å². The zero-order chi connectivity index (χ0) is 15.6. The maximum Gasteiger partial charge on any atom is 0.323 e. The lowest BCUT2D eigenvalue weighted by atomic mass is 9.97. The Morgan fingerprint density at radius 2 is 2.17 bits per heavy atom. The summed E-state index contributed by atoms with van der Waals surface area (Å²) in [5.41, 5.74) is 0. The van der Waals surface area contributed by atoms with Gasteiger partial charge in [-0.3, -0.25) is 5.32 Å². The molecule has 2 aromatic rings. The van der Waals surface area contributed by atoms with E-state index in [9.17, 15) is 4.79 Å². The second-order valence-electron chi connectivity index (χ2n) is 6.26. The second-order valence-corrected chi connectivity index (χ2v) is 6.26. The summed E-state index contributed by atoms with van der Waals surface area (Å²) >= 11 is 0. The van der Waals surface area contributed by atoms with Gasteiger partial charge in [-0.25, -0.2) is 9.78 Å². The van der Waals surface area contributed by atoms with E-state index in [2.05, 4.69) is 25.1 Å². The summed E-state index contributed by atoms with van der Waals surface area (Å²) in [7, 11) is 0. The zero-order valence-electron chi connectivity index (χ0n) is 12.9. The highest BCUT2D eigenvalue weighted by Gasteiger charge is 2.32. The van der Waals surface area contributed by atoms with Crippen LogP contribution in [0.25, 0.3) is 0 Å². The number of rotatable bonds is 3. The van der Waals surface area contributed by atoms with Crippen molar-refractivity contribution in [1.29, 1.82) is 0 Å². The molecule has 0 bridgehead atoms. The Bertz CT molecular complexity index is 681. The van der Waals surface area contributed by atoms with Crippen molar-refractivity contribution in [3.63, 3.8) is 0 Å². The highest BCUT2D eigenvalue weighted by Crippen LogP contribution is 2.38. The van der Waals surface area contributed by atoms with Crippen LogP contribution in [0.15, 0.2) is 30.7 Å². The van der Waals surface area contributed by atoms with E-state index in [1.165, 1.54) is 12.8 Å². The molecule has 1 N–H and O–H groups in total. The lowest BCUT2D eigenvalue weighted by Crippen LogP contribution is -2.42. The maximum absolute atomic E-state index is 12.4. The number of amides is 2. The van der Waals surface area contributed by atoms with Crippen molar-refractivity contribution in [3.8, 4) is 0 Å². The molecule has 0 spiro atoms. The summed E-state index contributed by atoms with van der Waals surface area (Å²) in [5.74, 6) is 1.88. The first-order valence-electron chi connectivity index (χ1n) is 8.17. The summed E-state index contributed by atoms with van der Waals surface area (Å²) < 4.78 is 2.20. The van der Waals surface area contributed by atoms with Crippen LogP contribution in [0, 0.1) is 0 Å². The van der Waals surface area contributed by atoms with E-state index in [1.807, 2.05) is 23.4 Å². The van der Waals surface area contributed by atoms with Crippen LogP contribution in [-0.4, -0.2) is 43.8 Å². The molecule has 1 aliphatic carbocycles. The van der Waals surface area contributed by atoms with E-state index in [0.29, 0.717) is 18.4 Å². The minimum atomic E-state index is -0.0918. The summed E-state index contributed by atoms with van der Waals surface area (Å²) in [6.45, 7) is 1.46. The summed E-state index contributed by atoms with van der Waals surface area (Å²) in [6.07, 6.45) is 7.96. The molecule has 1 saturated carbocycles. The third-order valence-electron chi connectivity index (χ3n) is 4.51. The van der Waals surface area contributed by atoms with Crippen LogP contribution < -0.4 is 5.32 Å². The third-order valence-corrected chi connectivity index (χ3v) is 4.51. The van der Waals surface area contributed by atoms with Crippen molar-refractivity contribution in [1.82, 2.24) is 24.6 Å². The number of likely N-dealkylation sites (tertiary alicyclic amines) is 1. The molecular formula is C16H20N6O. The molecule has 2 aromatic heterocycles. The molecule has 1 saturated heterocycles. The number of piperidine rings is 1. The molecule has 120 valence electrons. The Morgan fingerprint density at radius 1 is 1.26 bits per heavy atom. The number of nitrogens with zero attached hydrogens (tertiary/aromatic N) is 5. The molecule has 4 rings (SSSR count). The molecular weight excluding hydrogens is 292 g/mol. The van der Waals surface area contributed by atoms with Gasteiger partial charge in [0.1, 0.15) is 18.0 Å². The molecule has 2 aliphatic rings. The van der Waals surface area contributed by atoms with Crippen LogP contribution in [0.2, 0.25) is 0 Å². The number of carbonyl (C=O) groups excluding carboxylic acids is 1. The predicted octanol–water partition coefficient (Wildman–Crippen LogP) is 2.42. The number of anilines is 1. The first-order valence-corrected chi connectivity index (χ1v) is 8.17. The van der Waals surface area contributed by atoms with Gasteiger partial charge in [0, 0.05) is 31.2 Å². The number of urea groups is 1. The van der Waals surface area contributed by atoms with Crippen LogP contribution >= 0.6 is 0 Å². The van der Waals surface area contributed by atoms with Gasteiger partial charge in [-0.1, -0.05) is 6.07 Å². The van der Waals surface area contributed by atoms with Crippen molar-refractivity contribution >= 4 is 11.8 Å². The summed E-state index contributed by atoms with van der Waals surface area (Å²) in [4.78, 5) is 18.4. The van der Waals surface area contributed by atoms with Crippen LogP contribution in [0.1, 0.15) is 43.5 Å². The molecule has 0 radical (unpaired) electrons. The molecule has 0 aromatic carbocycles. The Kier molecular flexibility index (Phi) is 3.69. The smallest absolute Gasteiger partial charge is 0.323 e. The van der Waals surface area contributed by atoms with Crippen molar-refractivity contribution in [2.45, 2.75) is 37.6 Å². The quantitative estimate of drug-likeness (QED) is 0.944. The topological polar surface area (TPSA) is 75.9 Å². The summed E-state index contributed by atoms with van der Waals surface area (Å²) in [5, 5.41) is 11.3. The van der Waals surface area contributed by atoms with Crippen LogP contribution in [0.3, 0.4) is 0 Å². The first kappa shape index (κ1) is 14.2. The predicted molar refractivity (Wildman–Crippen MR) is 85.1 cm³/mol. The lowest BCUT2D eigenvalue weighted by Gasteiger charge is -2.32. The molecule has 23 heavy (non-hydrogen) atoms. The summed E-state index contributed by atoms with van der Waals surface area (Å²) in [6, 6.07) is 5.96. The Morgan fingerprint density at radius 3 is 2.96 bits per heavy atom. The molecule has 2 fully saturated rings. The Balaban J connectivity index is 1.44. The number of hydrogen-bond acceptors (Lipinski definition) is 4. The monoisotopic (exact) mass is 312 g/mol. The van der Waals surface area contributed by atoms with Gasteiger partial charge in [-0.05, 0) is 37.8 Å². The van der Waals surface area contributed by atoms with Gasteiger partial charge < -0.3 is 9.47 Å². The van der Waals surface area contributed by atoms with Crippen LogP contribution in [0.5, 0.6) is 0 Å². The highest BCUT2D eigenvalue weighted by molar-refractivity contribution is 5.88. The van der Waals surface area contributed by atoms with Gasteiger partial charge >= 0.3 is 6.03 Å². The van der Waals surface area contributed by atoms with Crippen molar-refractivity contribution in [2.24, 2.45) is 0 Å². The maximum atomic E-state index is 12.4. The van der Waals surface area contributed by atoms with Crippen LogP contribution in [-0.2, 0) is 0 Å². The minimum Gasteiger partial charge on any atom is -0.324 e. The standard InChI is InChI=1S/C16H20N6O/c23-16(19-14-5-1-2-8-17-14)21-9-3-4-12(10-21)15-20-18-11-22(15)13-6-7-13/h1-2,5,8,11-13H,3-4,6-7,9-10H2,(H,17,19,23)/t12-/m1/s1. The van der Waals surface area contributed by atoms with Gasteiger partial charge in [-0.2, -0.15) is 0 Å². The SMILES string of the molecule is O=C(Nc1ccccn1)N1CCC[C@@H](c2nncn2C2CC2)C1. The first-order chi connectivity index (χ1) is 11.3. The molecule has 7 nitrogen and oxygen atoms in total. The van der Waals surface area contributed by atoms with Crippen molar-refractivity contribution < 1.29 is 4.79 Å². The third kappa shape index (κ3) is 3.04. The molecule has 7 heteroatoms. The van der Waals surface area contributed by atoms with E-state index < -0.39 is 0 Å².